The Labute approximate surface area is 183 Å². The predicted octanol–water partition coefficient (Wildman–Crippen LogP) is 4.81. The van der Waals surface area contributed by atoms with Gasteiger partial charge in [0.1, 0.15) is 5.75 Å². The topological polar surface area (TPSA) is 88.8 Å². The molecule has 0 spiro atoms. The zero-order valence-corrected chi connectivity index (χ0v) is 17.9. The van der Waals surface area contributed by atoms with Gasteiger partial charge in [0.25, 0.3) is 5.56 Å². The highest BCUT2D eigenvalue weighted by atomic mass is 35.5. The van der Waals surface area contributed by atoms with Gasteiger partial charge in [-0.3, -0.25) is 4.79 Å². The highest BCUT2D eigenvalue weighted by Gasteiger charge is 2.22. The van der Waals surface area contributed by atoms with Crippen LogP contribution in [0.4, 0.5) is 4.39 Å². The van der Waals surface area contributed by atoms with Crippen molar-refractivity contribution < 1.29 is 24.1 Å². The van der Waals surface area contributed by atoms with Crippen molar-refractivity contribution in [2.24, 2.45) is 7.05 Å². The minimum absolute atomic E-state index is 0.133. The Morgan fingerprint density at radius 2 is 1.90 bits per heavy atom. The highest BCUT2D eigenvalue weighted by Crippen LogP contribution is 2.37. The molecule has 6 nitrogen and oxygen atoms in total. The van der Waals surface area contributed by atoms with E-state index in [4.69, 9.17) is 21.4 Å². The van der Waals surface area contributed by atoms with E-state index in [2.05, 4.69) is 0 Å². The predicted molar refractivity (Wildman–Crippen MR) is 115 cm³/mol. The second kappa shape index (κ2) is 8.91. The number of benzene rings is 2. The van der Waals surface area contributed by atoms with Crippen LogP contribution >= 0.6 is 11.6 Å². The molecule has 2 N–H and O–H groups in total. The number of halogens is 2. The van der Waals surface area contributed by atoms with E-state index in [1.807, 2.05) is 0 Å². The molecule has 0 radical (unpaired) electrons. The number of carboxylic acid groups (broad SMARTS) is 1. The molecular formula is C23H21ClFNO5. The molecule has 0 aliphatic heterocycles. The maximum absolute atomic E-state index is 14.1. The first kappa shape index (κ1) is 22.5. The van der Waals surface area contributed by atoms with E-state index in [9.17, 15) is 19.1 Å². The molecule has 0 amide bonds. The number of hydrogen-bond donors (Lipinski definition) is 2. The molecule has 0 aliphatic rings. The third kappa shape index (κ3) is 4.78. The first-order chi connectivity index (χ1) is 14.6. The van der Waals surface area contributed by atoms with Gasteiger partial charge in [-0.25, -0.2) is 9.18 Å². The van der Waals surface area contributed by atoms with Gasteiger partial charge in [-0.2, -0.15) is 0 Å². The summed E-state index contributed by atoms with van der Waals surface area (Å²) in [5.41, 5.74) is 1.44. The van der Waals surface area contributed by atoms with E-state index in [-0.39, 0.29) is 22.6 Å². The number of ether oxygens (including phenoxy) is 1. The average molecular weight is 446 g/mol. The van der Waals surface area contributed by atoms with E-state index >= 15 is 0 Å². The largest absolute Gasteiger partial charge is 0.478 e. The summed E-state index contributed by atoms with van der Waals surface area (Å²) in [6.45, 7) is 3.49. The lowest BCUT2D eigenvalue weighted by atomic mass is 9.91. The number of aliphatic hydroxyl groups is 1. The molecule has 162 valence electrons. The van der Waals surface area contributed by atoms with Crippen LogP contribution < -0.4 is 10.3 Å². The van der Waals surface area contributed by atoms with E-state index in [1.165, 1.54) is 22.8 Å². The van der Waals surface area contributed by atoms with Crippen LogP contribution in [0.5, 0.6) is 11.5 Å². The lowest BCUT2D eigenvalue weighted by Crippen LogP contribution is -2.21. The third-order valence-corrected chi connectivity index (χ3v) is 5.40. The molecule has 31 heavy (non-hydrogen) atoms. The van der Waals surface area contributed by atoms with Crippen molar-refractivity contribution >= 4 is 17.6 Å². The molecule has 0 saturated heterocycles. The first-order valence-corrected chi connectivity index (χ1v) is 9.81. The lowest BCUT2D eigenvalue weighted by Gasteiger charge is -2.22. The zero-order chi connectivity index (χ0) is 22.9. The quantitative estimate of drug-likeness (QED) is 0.568. The number of carbonyl (C=O) groups is 1. The molecule has 2 aromatic carbocycles. The normalized spacial score (nSPS) is 13.0. The first-order valence-electron chi connectivity index (χ1n) is 9.44. The fourth-order valence-corrected chi connectivity index (χ4v) is 3.66. The number of aryl methyl sites for hydroxylation is 2. The summed E-state index contributed by atoms with van der Waals surface area (Å²) >= 11 is 6.40. The minimum Gasteiger partial charge on any atom is -0.478 e. The van der Waals surface area contributed by atoms with Crippen LogP contribution in [0, 0.1) is 12.7 Å². The molecule has 3 rings (SSSR count). The monoisotopic (exact) mass is 445 g/mol. The van der Waals surface area contributed by atoms with Crippen LogP contribution in [0.1, 0.15) is 46.0 Å². The Morgan fingerprint density at radius 1 is 1.19 bits per heavy atom. The zero-order valence-electron chi connectivity index (χ0n) is 17.1. The number of aromatic carboxylic acids is 1. The van der Waals surface area contributed by atoms with Crippen molar-refractivity contribution in [3.63, 3.8) is 0 Å². The number of pyridine rings is 1. The third-order valence-electron chi connectivity index (χ3n) is 5.07. The molecular weight excluding hydrogens is 425 g/mol. The SMILES string of the molecule is Cc1cc(C(O)[C@@H](C)c2ccc(Oc3ccc(C(=O)O)cc3F)cc2Cl)cn(C)c1=O. The summed E-state index contributed by atoms with van der Waals surface area (Å²) in [5.74, 6) is -2.32. The second-order valence-electron chi connectivity index (χ2n) is 7.34. The van der Waals surface area contributed by atoms with Crippen molar-refractivity contribution in [3.8, 4) is 11.5 Å². The second-order valence-corrected chi connectivity index (χ2v) is 7.75. The molecule has 1 heterocycles. The van der Waals surface area contributed by atoms with Crippen LogP contribution in [0.25, 0.3) is 0 Å². The summed E-state index contributed by atoms with van der Waals surface area (Å²) < 4.78 is 21.0. The lowest BCUT2D eigenvalue weighted by molar-refractivity contribution is 0.0696. The summed E-state index contributed by atoms with van der Waals surface area (Å²) in [6, 6.07) is 9.75. The fraction of sp³-hybridized carbons (Fsp3) is 0.217. The fourth-order valence-electron chi connectivity index (χ4n) is 3.31. The van der Waals surface area contributed by atoms with E-state index < -0.39 is 23.8 Å². The van der Waals surface area contributed by atoms with E-state index in [1.54, 1.807) is 45.3 Å². The van der Waals surface area contributed by atoms with Gasteiger partial charge in [-0.05, 0) is 54.4 Å². The highest BCUT2D eigenvalue weighted by molar-refractivity contribution is 6.31. The number of aromatic nitrogens is 1. The molecule has 0 saturated carbocycles. The summed E-state index contributed by atoms with van der Waals surface area (Å²) in [6.07, 6.45) is 0.682. The van der Waals surface area contributed by atoms with E-state index in [0.717, 1.165) is 6.07 Å². The smallest absolute Gasteiger partial charge is 0.335 e. The van der Waals surface area contributed by atoms with Gasteiger partial charge < -0.3 is 19.5 Å². The Hall–Kier alpha value is -3.16. The summed E-state index contributed by atoms with van der Waals surface area (Å²) in [5, 5.41) is 20.0. The van der Waals surface area contributed by atoms with Crippen molar-refractivity contribution in [2.75, 3.05) is 0 Å². The average Bonchev–Trinajstić information content (AvgIpc) is 2.72. The number of carboxylic acids is 1. The van der Waals surface area contributed by atoms with Gasteiger partial charge in [0.15, 0.2) is 11.6 Å². The molecule has 8 heteroatoms. The van der Waals surface area contributed by atoms with Crippen LogP contribution in [0.3, 0.4) is 0 Å². The molecule has 3 aromatic rings. The van der Waals surface area contributed by atoms with Gasteiger partial charge in [-0.1, -0.05) is 24.6 Å². The van der Waals surface area contributed by atoms with Gasteiger partial charge >= 0.3 is 5.97 Å². The molecule has 1 unspecified atom stereocenters. The molecule has 0 fully saturated rings. The van der Waals surface area contributed by atoms with Crippen LogP contribution in [0.2, 0.25) is 5.02 Å². The van der Waals surface area contributed by atoms with Crippen molar-refractivity contribution in [3.05, 3.63) is 92.1 Å². The van der Waals surface area contributed by atoms with Crippen LogP contribution in [-0.4, -0.2) is 20.7 Å². The van der Waals surface area contributed by atoms with E-state index in [0.29, 0.717) is 21.7 Å². The van der Waals surface area contributed by atoms with Gasteiger partial charge in [-0.15, -0.1) is 0 Å². The van der Waals surface area contributed by atoms with Crippen molar-refractivity contribution in [1.29, 1.82) is 0 Å². The molecule has 0 aliphatic carbocycles. The van der Waals surface area contributed by atoms with Gasteiger partial charge in [0, 0.05) is 29.7 Å². The Balaban J connectivity index is 1.83. The molecule has 1 aromatic heterocycles. The Morgan fingerprint density at radius 3 is 2.48 bits per heavy atom. The van der Waals surface area contributed by atoms with Crippen molar-refractivity contribution in [2.45, 2.75) is 25.9 Å². The number of hydrogen-bond acceptors (Lipinski definition) is 4. The Kier molecular flexibility index (Phi) is 6.48. The van der Waals surface area contributed by atoms with Crippen LogP contribution in [0.15, 0.2) is 53.5 Å². The number of nitrogens with zero attached hydrogens (tertiary/aromatic N) is 1. The van der Waals surface area contributed by atoms with Gasteiger partial charge in [0.05, 0.1) is 11.7 Å². The van der Waals surface area contributed by atoms with Crippen molar-refractivity contribution in [1.82, 2.24) is 4.57 Å². The maximum Gasteiger partial charge on any atom is 0.335 e. The van der Waals surface area contributed by atoms with Crippen LogP contribution in [-0.2, 0) is 7.05 Å². The minimum atomic E-state index is -1.24. The summed E-state index contributed by atoms with van der Waals surface area (Å²) in [4.78, 5) is 22.8. The number of aliphatic hydroxyl groups excluding tert-OH is 1. The number of rotatable bonds is 6. The molecule has 2 atom stereocenters. The summed E-state index contributed by atoms with van der Waals surface area (Å²) in [7, 11) is 1.62. The molecule has 0 bridgehead atoms. The standard InChI is InChI=1S/C23H21ClFNO5/c1-12-8-15(11-26(3)22(12)28)21(27)13(2)17-6-5-16(10-18(17)24)31-20-7-4-14(23(29)30)9-19(20)25/h4-11,13,21,27H,1-3H3,(H,29,30)/t13-,21?/m0/s1. The maximum atomic E-state index is 14.1. The Bertz CT molecular complexity index is 1180. The van der Waals surface area contributed by atoms with Gasteiger partial charge in [0.2, 0.25) is 0 Å².